The summed E-state index contributed by atoms with van der Waals surface area (Å²) in [4.78, 5) is 10.8. The average molecular weight is 498 g/mol. The molecule has 2 N–H and O–H groups in total. The van der Waals surface area contributed by atoms with E-state index in [-0.39, 0.29) is 11.5 Å². The third-order valence-corrected chi connectivity index (χ3v) is 4.49. The number of rotatable bonds is 10. The Morgan fingerprint density at radius 3 is 2.52 bits per heavy atom. The van der Waals surface area contributed by atoms with Gasteiger partial charge in [-0.2, -0.15) is 13.9 Å². The summed E-state index contributed by atoms with van der Waals surface area (Å²) in [7, 11) is 4.65. The van der Waals surface area contributed by atoms with Crippen LogP contribution in [0.3, 0.4) is 0 Å². The molecule has 2 aromatic carbocycles. The number of allylic oxidation sites excluding steroid dienone is 2. The minimum absolute atomic E-state index is 0.111. The van der Waals surface area contributed by atoms with Crippen molar-refractivity contribution in [1.82, 2.24) is 5.01 Å². The monoisotopic (exact) mass is 497 g/mol. The van der Waals surface area contributed by atoms with E-state index in [2.05, 4.69) is 37.6 Å². The standard InChI is InChI=1S/C21H21BrF2N2O3.CH5N/c1-26(14-16-6-3-5-15(11-16)13-22)25-18(7-4-10-27)17-8-9-19(28-2)20(12-17)29-21(23)24;1-2/h3-12,21H,13-14H2,1-2H3;2H2,1H3/b7-4-,25-18+;. The first-order valence-corrected chi connectivity index (χ1v) is 10.3. The molecule has 0 aliphatic rings. The Balaban J connectivity index is 0.00000233. The van der Waals surface area contributed by atoms with Crippen LogP contribution in [-0.4, -0.2) is 44.8 Å². The van der Waals surface area contributed by atoms with Crippen molar-refractivity contribution in [2.75, 3.05) is 21.2 Å². The summed E-state index contributed by atoms with van der Waals surface area (Å²) in [6, 6.07) is 12.6. The highest BCUT2D eigenvalue weighted by Crippen LogP contribution is 2.30. The molecule has 9 heteroatoms. The molecule has 0 unspecified atom stereocenters. The Morgan fingerprint density at radius 2 is 1.90 bits per heavy atom. The van der Waals surface area contributed by atoms with Crippen molar-refractivity contribution in [3.05, 3.63) is 71.3 Å². The summed E-state index contributed by atoms with van der Waals surface area (Å²) in [5.41, 5.74) is 7.62. The first kappa shape index (κ1) is 26.3. The molecular formula is C22H26BrF2N3O3. The van der Waals surface area contributed by atoms with Crippen LogP contribution in [0.15, 0.2) is 59.7 Å². The first-order chi connectivity index (χ1) is 15.0. The van der Waals surface area contributed by atoms with Gasteiger partial charge in [0.1, 0.15) is 6.29 Å². The van der Waals surface area contributed by atoms with Crippen molar-refractivity contribution >= 4 is 27.9 Å². The maximum absolute atomic E-state index is 12.7. The second kappa shape index (κ2) is 14.3. The molecular weight excluding hydrogens is 472 g/mol. The van der Waals surface area contributed by atoms with Crippen LogP contribution < -0.4 is 15.2 Å². The normalized spacial score (nSPS) is 11.2. The third kappa shape index (κ3) is 8.85. The number of aldehydes is 1. The Morgan fingerprint density at radius 1 is 1.19 bits per heavy atom. The van der Waals surface area contributed by atoms with Gasteiger partial charge in [-0.3, -0.25) is 9.80 Å². The number of halogens is 3. The fourth-order valence-corrected chi connectivity index (χ4v) is 2.99. The fourth-order valence-electron chi connectivity index (χ4n) is 2.64. The maximum atomic E-state index is 12.7. The number of nitrogens with two attached hydrogens (primary N) is 1. The van der Waals surface area contributed by atoms with Crippen LogP contribution in [0, 0.1) is 0 Å². The van der Waals surface area contributed by atoms with Crippen LogP contribution in [0.1, 0.15) is 16.7 Å². The molecule has 2 rings (SSSR count). The first-order valence-electron chi connectivity index (χ1n) is 9.23. The predicted octanol–water partition coefficient (Wildman–Crippen LogP) is 4.36. The molecule has 0 bridgehead atoms. The number of alkyl halides is 3. The van der Waals surface area contributed by atoms with E-state index >= 15 is 0 Å². The minimum atomic E-state index is -2.99. The van der Waals surface area contributed by atoms with Gasteiger partial charge < -0.3 is 15.2 Å². The molecule has 0 radical (unpaired) electrons. The minimum Gasteiger partial charge on any atom is -0.493 e. The van der Waals surface area contributed by atoms with E-state index in [9.17, 15) is 13.6 Å². The van der Waals surface area contributed by atoms with Crippen LogP contribution in [0.25, 0.3) is 0 Å². The molecule has 0 aromatic heterocycles. The summed E-state index contributed by atoms with van der Waals surface area (Å²) in [6.07, 6.45) is 3.41. The highest BCUT2D eigenvalue weighted by atomic mass is 79.9. The van der Waals surface area contributed by atoms with Crippen molar-refractivity contribution < 1.29 is 23.0 Å². The number of hydrazone groups is 1. The van der Waals surface area contributed by atoms with Crippen LogP contribution in [0.2, 0.25) is 0 Å². The Kier molecular flexibility index (Phi) is 12.1. The van der Waals surface area contributed by atoms with Gasteiger partial charge in [-0.25, -0.2) is 0 Å². The summed E-state index contributed by atoms with van der Waals surface area (Å²) in [6.45, 7) is -2.47. The van der Waals surface area contributed by atoms with Crippen LogP contribution in [0.4, 0.5) is 8.78 Å². The summed E-state index contributed by atoms with van der Waals surface area (Å²) >= 11 is 3.43. The molecule has 6 nitrogen and oxygen atoms in total. The van der Waals surface area contributed by atoms with Crippen molar-refractivity contribution in [2.45, 2.75) is 18.5 Å². The molecule has 0 amide bonds. The van der Waals surface area contributed by atoms with E-state index in [1.54, 1.807) is 18.1 Å². The summed E-state index contributed by atoms with van der Waals surface area (Å²) in [5, 5.41) is 6.97. The Labute approximate surface area is 189 Å². The number of carbonyl (C=O) groups is 1. The second-order valence-corrected chi connectivity index (χ2v) is 6.55. The number of ether oxygens (including phenoxy) is 2. The quantitative estimate of drug-likeness (QED) is 0.173. The lowest BCUT2D eigenvalue weighted by atomic mass is 10.1. The number of hydrogen-bond donors (Lipinski definition) is 1. The number of benzene rings is 2. The number of methoxy groups -OCH3 is 1. The lowest BCUT2D eigenvalue weighted by Crippen LogP contribution is -2.14. The Hall–Kier alpha value is -2.78. The molecule has 0 atom stereocenters. The van der Waals surface area contributed by atoms with Crippen molar-refractivity contribution in [3.63, 3.8) is 0 Å². The van der Waals surface area contributed by atoms with E-state index in [1.807, 2.05) is 18.2 Å². The smallest absolute Gasteiger partial charge is 0.387 e. The zero-order valence-electron chi connectivity index (χ0n) is 17.6. The number of nitrogens with zero attached hydrogens (tertiary/aromatic N) is 2. The van der Waals surface area contributed by atoms with E-state index in [0.29, 0.717) is 24.1 Å². The van der Waals surface area contributed by atoms with Gasteiger partial charge in [0, 0.05) is 17.9 Å². The van der Waals surface area contributed by atoms with E-state index < -0.39 is 6.61 Å². The van der Waals surface area contributed by atoms with E-state index in [0.717, 1.165) is 16.5 Å². The van der Waals surface area contributed by atoms with Gasteiger partial charge in [-0.05, 0) is 48.5 Å². The molecule has 0 fully saturated rings. The highest BCUT2D eigenvalue weighted by molar-refractivity contribution is 9.08. The van der Waals surface area contributed by atoms with Crippen LogP contribution in [-0.2, 0) is 16.7 Å². The summed E-state index contributed by atoms with van der Waals surface area (Å²) in [5.74, 6) is 0.0626. The van der Waals surface area contributed by atoms with E-state index in [4.69, 9.17) is 4.74 Å². The molecule has 31 heavy (non-hydrogen) atoms. The predicted molar refractivity (Wildman–Crippen MR) is 122 cm³/mol. The molecule has 168 valence electrons. The molecule has 0 heterocycles. The van der Waals surface area contributed by atoms with Crippen molar-refractivity contribution in [2.24, 2.45) is 10.8 Å². The molecule has 0 spiro atoms. The molecule has 2 aromatic rings. The van der Waals surface area contributed by atoms with Gasteiger partial charge in [0.25, 0.3) is 0 Å². The zero-order chi connectivity index (χ0) is 23.2. The van der Waals surface area contributed by atoms with Gasteiger partial charge in [0.15, 0.2) is 11.5 Å². The van der Waals surface area contributed by atoms with Crippen LogP contribution >= 0.6 is 15.9 Å². The van der Waals surface area contributed by atoms with Gasteiger partial charge in [-0.15, -0.1) is 0 Å². The largest absolute Gasteiger partial charge is 0.493 e. The lowest BCUT2D eigenvalue weighted by Gasteiger charge is -2.16. The zero-order valence-corrected chi connectivity index (χ0v) is 19.2. The molecule has 0 aliphatic heterocycles. The molecule has 0 aliphatic carbocycles. The second-order valence-electron chi connectivity index (χ2n) is 5.99. The highest BCUT2D eigenvalue weighted by Gasteiger charge is 2.13. The maximum Gasteiger partial charge on any atom is 0.387 e. The molecule has 0 saturated carbocycles. The van der Waals surface area contributed by atoms with E-state index in [1.165, 1.54) is 38.4 Å². The van der Waals surface area contributed by atoms with Gasteiger partial charge in [0.05, 0.1) is 19.4 Å². The molecule has 0 saturated heterocycles. The van der Waals surface area contributed by atoms with Crippen LogP contribution in [0.5, 0.6) is 11.5 Å². The SMILES string of the molecule is CN.COc1ccc(C(/C=C\C=O)=N/N(C)Cc2cccc(CBr)c2)cc1OC(F)F. The van der Waals surface area contributed by atoms with Crippen molar-refractivity contribution in [1.29, 1.82) is 0 Å². The van der Waals surface area contributed by atoms with Gasteiger partial charge >= 0.3 is 6.61 Å². The lowest BCUT2D eigenvalue weighted by molar-refractivity contribution is -0.104. The average Bonchev–Trinajstić information content (AvgIpc) is 2.77. The van der Waals surface area contributed by atoms with Crippen molar-refractivity contribution in [3.8, 4) is 11.5 Å². The topological polar surface area (TPSA) is 77.2 Å². The third-order valence-electron chi connectivity index (χ3n) is 3.84. The van der Waals surface area contributed by atoms with Gasteiger partial charge in [-0.1, -0.05) is 40.2 Å². The summed E-state index contributed by atoms with van der Waals surface area (Å²) < 4.78 is 35.0. The fraction of sp³-hybridized carbons (Fsp3) is 0.273. The Bertz CT molecular complexity index is 892. The van der Waals surface area contributed by atoms with Gasteiger partial charge in [0.2, 0.25) is 0 Å². The number of carbonyl (C=O) groups excluding carboxylic acids is 1. The number of hydrogen-bond acceptors (Lipinski definition) is 6.